The molecule has 19 heavy (non-hydrogen) atoms. The second kappa shape index (κ2) is 4.15. The van der Waals surface area contributed by atoms with Gasteiger partial charge in [-0.2, -0.15) is 0 Å². The molecule has 4 rings (SSSR count). The maximum absolute atomic E-state index is 5.94. The van der Waals surface area contributed by atoms with E-state index in [2.05, 4.69) is 21.5 Å². The Morgan fingerprint density at radius 1 is 1.42 bits per heavy atom. The molecule has 1 N–H and O–H groups in total. The third-order valence-corrected chi connectivity index (χ3v) is 4.64. The van der Waals surface area contributed by atoms with Crippen molar-refractivity contribution in [3.8, 4) is 0 Å². The van der Waals surface area contributed by atoms with Crippen LogP contribution in [0.1, 0.15) is 30.9 Å². The van der Waals surface area contributed by atoms with E-state index in [0.29, 0.717) is 12.1 Å². The third-order valence-electron chi connectivity index (χ3n) is 4.34. The smallest absolute Gasteiger partial charge is 0.179 e. The zero-order chi connectivity index (χ0) is 13.0. The van der Waals surface area contributed by atoms with Crippen molar-refractivity contribution in [2.75, 3.05) is 6.61 Å². The zero-order valence-electron chi connectivity index (χ0n) is 10.9. The number of pyridine rings is 1. The minimum atomic E-state index is 0.327. The summed E-state index contributed by atoms with van der Waals surface area (Å²) < 4.78 is 8.90. The van der Waals surface area contributed by atoms with E-state index >= 15 is 0 Å². The summed E-state index contributed by atoms with van der Waals surface area (Å²) in [6.07, 6.45) is 5.82. The minimum absolute atomic E-state index is 0.327. The number of ether oxygens (including phenoxy) is 1. The zero-order valence-corrected chi connectivity index (χ0v) is 11.7. The van der Waals surface area contributed by atoms with Gasteiger partial charge in [0.2, 0.25) is 0 Å². The number of rotatable bonds is 2. The predicted molar refractivity (Wildman–Crippen MR) is 75.8 cm³/mol. The number of nitrogens with zero attached hydrogens (tertiary/aromatic N) is 2. The second-order valence-corrected chi connectivity index (χ2v) is 6.04. The third kappa shape index (κ3) is 1.75. The molecule has 100 valence electrons. The molecule has 0 bridgehead atoms. The summed E-state index contributed by atoms with van der Waals surface area (Å²) in [6, 6.07) is 2.37. The average molecular weight is 275 g/mol. The molecule has 2 unspecified atom stereocenters. The van der Waals surface area contributed by atoms with Gasteiger partial charge in [0.1, 0.15) is 0 Å². The van der Waals surface area contributed by atoms with Gasteiger partial charge in [0, 0.05) is 12.8 Å². The largest absolute Gasteiger partial charge is 0.376 e. The molecule has 2 atom stereocenters. The summed E-state index contributed by atoms with van der Waals surface area (Å²) in [5.74, 6) is 0.726. The van der Waals surface area contributed by atoms with E-state index in [1.165, 1.54) is 18.4 Å². The minimum Gasteiger partial charge on any atom is -0.376 e. The molecule has 2 aromatic heterocycles. The number of fused-ring (bicyclic) bond motifs is 1. The van der Waals surface area contributed by atoms with E-state index in [4.69, 9.17) is 17.0 Å². The Hall–Kier alpha value is -1.20. The van der Waals surface area contributed by atoms with Crippen LogP contribution in [-0.4, -0.2) is 27.2 Å². The summed E-state index contributed by atoms with van der Waals surface area (Å²) in [5.41, 5.74) is 3.23. The van der Waals surface area contributed by atoms with Gasteiger partial charge in [-0.05, 0) is 56.0 Å². The molecule has 1 aliphatic carbocycles. The number of aromatic amines is 1. The van der Waals surface area contributed by atoms with Crippen LogP contribution in [0.25, 0.3) is 11.2 Å². The van der Waals surface area contributed by atoms with Gasteiger partial charge in [0.25, 0.3) is 0 Å². The number of hydrogen-bond donors (Lipinski definition) is 1. The Bertz CT molecular complexity index is 686. The molecule has 1 aliphatic heterocycles. The Kier molecular flexibility index (Phi) is 2.53. The van der Waals surface area contributed by atoms with Gasteiger partial charge in [-0.25, -0.2) is 4.98 Å². The van der Waals surface area contributed by atoms with E-state index in [1.54, 1.807) is 0 Å². The summed E-state index contributed by atoms with van der Waals surface area (Å²) in [5, 5.41) is 0. The van der Waals surface area contributed by atoms with Gasteiger partial charge in [-0.15, -0.1) is 0 Å². The van der Waals surface area contributed by atoms with Crippen LogP contribution < -0.4 is 0 Å². The summed E-state index contributed by atoms with van der Waals surface area (Å²) in [4.78, 5) is 7.84. The number of hydrogen-bond acceptors (Lipinski definition) is 3. The van der Waals surface area contributed by atoms with Crippen LogP contribution in [-0.2, 0) is 4.74 Å². The van der Waals surface area contributed by atoms with Gasteiger partial charge in [-0.1, -0.05) is 0 Å². The molecular formula is C14H17N3OS. The van der Waals surface area contributed by atoms with E-state index in [9.17, 15) is 0 Å². The van der Waals surface area contributed by atoms with Crippen molar-refractivity contribution in [3.63, 3.8) is 0 Å². The number of imidazole rings is 1. The number of aromatic nitrogens is 3. The number of H-pyrrole nitrogens is 1. The molecule has 3 heterocycles. The highest BCUT2D eigenvalue weighted by molar-refractivity contribution is 7.71. The van der Waals surface area contributed by atoms with E-state index in [1.807, 2.05) is 12.3 Å². The van der Waals surface area contributed by atoms with Gasteiger partial charge >= 0.3 is 0 Å². The van der Waals surface area contributed by atoms with Gasteiger partial charge in [0.15, 0.2) is 10.4 Å². The highest BCUT2D eigenvalue weighted by Crippen LogP contribution is 2.44. The summed E-state index contributed by atoms with van der Waals surface area (Å²) in [7, 11) is 0. The predicted octanol–water partition coefficient (Wildman–Crippen LogP) is 3.14. The van der Waals surface area contributed by atoms with Gasteiger partial charge in [0.05, 0.1) is 17.7 Å². The fourth-order valence-corrected chi connectivity index (χ4v) is 3.53. The lowest BCUT2D eigenvalue weighted by Gasteiger charge is -2.19. The molecule has 0 aromatic carbocycles. The van der Waals surface area contributed by atoms with E-state index < -0.39 is 0 Å². The van der Waals surface area contributed by atoms with Crippen molar-refractivity contribution in [2.45, 2.75) is 38.3 Å². The molecule has 5 heteroatoms. The normalized spacial score (nSPS) is 27.2. The van der Waals surface area contributed by atoms with Crippen molar-refractivity contribution in [2.24, 2.45) is 5.92 Å². The maximum Gasteiger partial charge on any atom is 0.179 e. The molecule has 1 saturated heterocycles. The first-order valence-corrected chi connectivity index (χ1v) is 7.34. The van der Waals surface area contributed by atoms with Gasteiger partial charge < -0.3 is 9.72 Å². The molecular weight excluding hydrogens is 258 g/mol. The Balaban J connectivity index is 1.88. The summed E-state index contributed by atoms with van der Waals surface area (Å²) >= 11 is 5.52. The van der Waals surface area contributed by atoms with Gasteiger partial charge in [-0.3, -0.25) is 4.57 Å². The Morgan fingerprint density at radius 2 is 2.26 bits per heavy atom. The standard InChI is InChI=1S/C14H17N3OS/c1-8-4-6-15-13-11(8)16-14(19)17(13)10-5-7-18-12(10)9-2-3-9/h4,6,9-10,12H,2-3,5,7H2,1H3,(H,16,19). The monoisotopic (exact) mass is 275 g/mol. The lowest BCUT2D eigenvalue weighted by molar-refractivity contribution is 0.0755. The average Bonchev–Trinajstić information content (AvgIpc) is 3.02. The molecule has 2 aliphatic rings. The molecule has 4 nitrogen and oxygen atoms in total. The van der Waals surface area contributed by atoms with Crippen molar-refractivity contribution in [1.82, 2.24) is 14.5 Å². The van der Waals surface area contributed by atoms with Crippen molar-refractivity contribution >= 4 is 23.4 Å². The van der Waals surface area contributed by atoms with Crippen LogP contribution in [0.5, 0.6) is 0 Å². The Labute approximate surface area is 116 Å². The van der Waals surface area contributed by atoms with Crippen LogP contribution in [0.3, 0.4) is 0 Å². The van der Waals surface area contributed by atoms with E-state index in [0.717, 1.165) is 34.9 Å². The summed E-state index contributed by atoms with van der Waals surface area (Å²) in [6.45, 7) is 2.93. The van der Waals surface area contributed by atoms with Crippen molar-refractivity contribution in [1.29, 1.82) is 0 Å². The fourth-order valence-electron chi connectivity index (χ4n) is 3.20. The molecule has 0 amide bonds. The highest BCUT2D eigenvalue weighted by atomic mass is 32.1. The number of aryl methyl sites for hydroxylation is 1. The van der Waals surface area contributed by atoms with Crippen LogP contribution in [0.15, 0.2) is 12.3 Å². The topological polar surface area (TPSA) is 42.8 Å². The lowest BCUT2D eigenvalue weighted by atomic mass is 10.1. The first kappa shape index (κ1) is 11.6. The van der Waals surface area contributed by atoms with Crippen LogP contribution >= 0.6 is 12.2 Å². The first-order chi connectivity index (χ1) is 9.25. The first-order valence-electron chi connectivity index (χ1n) is 6.93. The lowest BCUT2D eigenvalue weighted by Crippen LogP contribution is -2.22. The molecule has 2 fully saturated rings. The van der Waals surface area contributed by atoms with Crippen LogP contribution in [0.2, 0.25) is 0 Å². The SMILES string of the molecule is Cc1ccnc2c1[nH]c(=S)n2C1CCOC1C1CC1. The maximum atomic E-state index is 5.94. The molecule has 0 radical (unpaired) electrons. The van der Waals surface area contributed by atoms with Crippen molar-refractivity contribution in [3.05, 3.63) is 22.6 Å². The van der Waals surface area contributed by atoms with Crippen molar-refractivity contribution < 1.29 is 4.74 Å². The van der Waals surface area contributed by atoms with Crippen LogP contribution in [0.4, 0.5) is 0 Å². The fraction of sp³-hybridized carbons (Fsp3) is 0.571. The number of nitrogens with one attached hydrogen (secondary N) is 1. The second-order valence-electron chi connectivity index (χ2n) is 5.66. The molecule has 1 saturated carbocycles. The van der Waals surface area contributed by atoms with Crippen LogP contribution in [0, 0.1) is 17.6 Å². The quantitative estimate of drug-likeness (QED) is 0.856. The molecule has 0 spiro atoms. The molecule has 2 aromatic rings. The highest BCUT2D eigenvalue weighted by Gasteiger charge is 2.42. The van der Waals surface area contributed by atoms with E-state index in [-0.39, 0.29) is 0 Å². The Morgan fingerprint density at radius 3 is 3.05 bits per heavy atom.